The zero-order valence-electron chi connectivity index (χ0n) is 13.1. The Bertz CT molecular complexity index is 765. The first kappa shape index (κ1) is 15.3. The van der Waals surface area contributed by atoms with Gasteiger partial charge in [0.1, 0.15) is 6.04 Å². The maximum atomic E-state index is 11.6. The van der Waals surface area contributed by atoms with Crippen molar-refractivity contribution in [2.24, 2.45) is 0 Å². The minimum absolute atomic E-state index is 0.119. The molecule has 3 rings (SSSR count). The van der Waals surface area contributed by atoms with Gasteiger partial charge in [0.05, 0.1) is 5.69 Å². The molecule has 0 unspecified atom stereocenters. The molecule has 0 radical (unpaired) electrons. The number of aliphatic carboxylic acids is 1. The van der Waals surface area contributed by atoms with Crippen LogP contribution in [0.15, 0.2) is 41.2 Å². The first-order valence-electron chi connectivity index (χ1n) is 7.92. The number of aromatic nitrogens is 1. The Kier molecular flexibility index (Phi) is 4.19. The number of nitrogens with one attached hydrogen (secondary N) is 1. The number of aromatic amines is 1. The van der Waals surface area contributed by atoms with Crippen LogP contribution in [0.2, 0.25) is 0 Å². The van der Waals surface area contributed by atoms with E-state index in [9.17, 15) is 14.7 Å². The Morgan fingerprint density at radius 1 is 1.26 bits per heavy atom. The molecule has 5 nitrogen and oxygen atoms in total. The molecule has 0 amide bonds. The van der Waals surface area contributed by atoms with Gasteiger partial charge in [-0.15, -0.1) is 0 Å². The summed E-state index contributed by atoms with van der Waals surface area (Å²) in [6, 6.07) is 10.7. The van der Waals surface area contributed by atoms with Gasteiger partial charge in [0, 0.05) is 18.3 Å². The van der Waals surface area contributed by atoms with Gasteiger partial charge in [-0.25, -0.2) is 4.79 Å². The summed E-state index contributed by atoms with van der Waals surface area (Å²) in [5, 5.41) is 9.30. The van der Waals surface area contributed by atoms with Gasteiger partial charge in [-0.1, -0.05) is 25.1 Å². The number of hydrogen-bond acceptors (Lipinski definition) is 3. The summed E-state index contributed by atoms with van der Waals surface area (Å²) in [6.45, 7) is 2.81. The Morgan fingerprint density at radius 3 is 2.65 bits per heavy atom. The van der Waals surface area contributed by atoms with Crippen molar-refractivity contribution in [2.45, 2.75) is 32.2 Å². The van der Waals surface area contributed by atoms with Crippen molar-refractivity contribution in [2.75, 3.05) is 11.4 Å². The molecular weight excluding hydrogens is 292 g/mol. The van der Waals surface area contributed by atoms with Crippen molar-refractivity contribution < 1.29 is 9.90 Å². The molecule has 23 heavy (non-hydrogen) atoms. The Hall–Kier alpha value is -2.56. The van der Waals surface area contributed by atoms with Crippen molar-refractivity contribution >= 4 is 11.7 Å². The van der Waals surface area contributed by atoms with E-state index in [1.807, 2.05) is 42.2 Å². The van der Waals surface area contributed by atoms with Gasteiger partial charge in [-0.2, -0.15) is 0 Å². The van der Waals surface area contributed by atoms with Crippen molar-refractivity contribution in [3.05, 3.63) is 52.3 Å². The van der Waals surface area contributed by atoms with E-state index in [1.165, 1.54) is 0 Å². The lowest BCUT2D eigenvalue weighted by Gasteiger charge is -2.23. The van der Waals surface area contributed by atoms with Gasteiger partial charge in [-0.05, 0) is 42.5 Å². The van der Waals surface area contributed by atoms with E-state index in [1.54, 1.807) is 6.07 Å². The summed E-state index contributed by atoms with van der Waals surface area (Å²) in [4.78, 5) is 27.7. The van der Waals surface area contributed by atoms with Crippen LogP contribution in [-0.2, 0) is 11.2 Å². The fourth-order valence-electron chi connectivity index (χ4n) is 3.21. The monoisotopic (exact) mass is 312 g/mol. The number of anilines is 1. The molecule has 1 aliphatic heterocycles. The first-order chi connectivity index (χ1) is 11.1. The fourth-order valence-corrected chi connectivity index (χ4v) is 3.21. The zero-order valence-corrected chi connectivity index (χ0v) is 13.1. The predicted molar refractivity (Wildman–Crippen MR) is 89.9 cm³/mol. The van der Waals surface area contributed by atoms with Crippen molar-refractivity contribution in [3.8, 4) is 11.3 Å². The normalized spacial score (nSPS) is 17.4. The summed E-state index contributed by atoms with van der Waals surface area (Å²) >= 11 is 0. The molecule has 1 aliphatic rings. The number of carbonyl (C=O) groups is 1. The standard InChI is InChI=1S/C18H20N2O3/c1-2-12-7-10-16(21)19-17(12)13-5-8-14(9-6-13)20-11-3-4-15(20)18(22)23/h5-10,15H,2-4,11H2,1H3,(H,19,21)(H,22,23)/t15-/m0/s1. The molecule has 0 saturated carbocycles. The second kappa shape index (κ2) is 6.28. The van der Waals surface area contributed by atoms with E-state index < -0.39 is 12.0 Å². The average molecular weight is 312 g/mol. The van der Waals surface area contributed by atoms with Crippen LogP contribution in [-0.4, -0.2) is 28.6 Å². The van der Waals surface area contributed by atoms with Gasteiger partial charge in [0.2, 0.25) is 5.56 Å². The van der Waals surface area contributed by atoms with Crippen LogP contribution in [0.25, 0.3) is 11.3 Å². The second-order valence-corrected chi connectivity index (χ2v) is 5.81. The lowest BCUT2D eigenvalue weighted by molar-refractivity contribution is -0.138. The molecule has 120 valence electrons. The minimum atomic E-state index is -0.771. The molecule has 0 bridgehead atoms. The Balaban J connectivity index is 1.92. The van der Waals surface area contributed by atoms with Crippen molar-refractivity contribution in [3.63, 3.8) is 0 Å². The molecule has 0 spiro atoms. The first-order valence-corrected chi connectivity index (χ1v) is 7.92. The van der Waals surface area contributed by atoms with E-state index in [0.717, 1.165) is 41.9 Å². The van der Waals surface area contributed by atoms with Gasteiger partial charge in [-0.3, -0.25) is 4.79 Å². The predicted octanol–water partition coefficient (Wildman–Crippen LogP) is 2.66. The number of rotatable bonds is 4. The smallest absolute Gasteiger partial charge is 0.326 e. The molecule has 5 heteroatoms. The number of aryl methyl sites for hydroxylation is 1. The number of H-pyrrole nitrogens is 1. The zero-order chi connectivity index (χ0) is 16.4. The van der Waals surface area contributed by atoms with E-state index in [4.69, 9.17) is 0 Å². The number of nitrogens with zero attached hydrogens (tertiary/aromatic N) is 1. The molecule has 2 N–H and O–H groups in total. The molecule has 1 aromatic carbocycles. The lowest BCUT2D eigenvalue weighted by Crippen LogP contribution is -2.35. The van der Waals surface area contributed by atoms with E-state index in [-0.39, 0.29) is 5.56 Å². The molecule has 1 saturated heterocycles. The van der Waals surface area contributed by atoms with E-state index in [0.29, 0.717) is 6.42 Å². The van der Waals surface area contributed by atoms with Gasteiger partial charge in [0.25, 0.3) is 0 Å². The van der Waals surface area contributed by atoms with Gasteiger partial charge >= 0.3 is 5.97 Å². The maximum absolute atomic E-state index is 11.6. The quantitative estimate of drug-likeness (QED) is 0.910. The number of hydrogen-bond donors (Lipinski definition) is 2. The SMILES string of the molecule is CCc1ccc(=O)[nH]c1-c1ccc(N2CCC[C@H]2C(=O)O)cc1. The summed E-state index contributed by atoms with van der Waals surface area (Å²) in [5.74, 6) is -0.771. The van der Waals surface area contributed by atoms with Crippen LogP contribution in [0.3, 0.4) is 0 Å². The molecule has 1 aromatic heterocycles. The second-order valence-electron chi connectivity index (χ2n) is 5.81. The number of carboxylic acid groups (broad SMARTS) is 1. The maximum Gasteiger partial charge on any atom is 0.326 e. The summed E-state index contributed by atoms with van der Waals surface area (Å²) in [7, 11) is 0. The molecule has 1 fully saturated rings. The lowest BCUT2D eigenvalue weighted by atomic mass is 10.0. The summed E-state index contributed by atoms with van der Waals surface area (Å²) < 4.78 is 0. The fraction of sp³-hybridized carbons (Fsp3) is 0.333. The molecular formula is C18H20N2O3. The van der Waals surface area contributed by atoms with Gasteiger partial charge < -0.3 is 15.0 Å². The highest BCUT2D eigenvalue weighted by atomic mass is 16.4. The third-order valence-corrected chi connectivity index (χ3v) is 4.41. The highest BCUT2D eigenvalue weighted by Gasteiger charge is 2.30. The largest absolute Gasteiger partial charge is 0.480 e. The topological polar surface area (TPSA) is 73.4 Å². The molecule has 1 atom stereocenters. The van der Waals surface area contributed by atoms with Crippen LogP contribution in [0.1, 0.15) is 25.3 Å². The third-order valence-electron chi connectivity index (χ3n) is 4.41. The number of carboxylic acids is 1. The summed E-state index contributed by atoms with van der Waals surface area (Å²) in [6.07, 6.45) is 2.41. The van der Waals surface area contributed by atoms with Crippen LogP contribution in [0.5, 0.6) is 0 Å². The molecule has 2 aromatic rings. The van der Waals surface area contributed by atoms with Crippen LogP contribution in [0, 0.1) is 0 Å². The molecule has 2 heterocycles. The Morgan fingerprint density at radius 2 is 2.00 bits per heavy atom. The minimum Gasteiger partial charge on any atom is -0.480 e. The average Bonchev–Trinajstić information content (AvgIpc) is 3.05. The van der Waals surface area contributed by atoms with Crippen LogP contribution in [0.4, 0.5) is 5.69 Å². The van der Waals surface area contributed by atoms with Crippen molar-refractivity contribution in [1.82, 2.24) is 4.98 Å². The Labute approximate surface area is 134 Å². The third kappa shape index (κ3) is 2.99. The van der Waals surface area contributed by atoms with E-state index >= 15 is 0 Å². The van der Waals surface area contributed by atoms with Gasteiger partial charge in [0.15, 0.2) is 0 Å². The van der Waals surface area contributed by atoms with Crippen LogP contribution >= 0.6 is 0 Å². The highest BCUT2D eigenvalue weighted by Crippen LogP contribution is 2.28. The number of pyridine rings is 1. The highest BCUT2D eigenvalue weighted by molar-refractivity contribution is 5.79. The molecule has 0 aliphatic carbocycles. The van der Waals surface area contributed by atoms with Crippen molar-refractivity contribution in [1.29, 1.82) is 0 Å². The van der Waals surface area contributed by atoms with E-state index in [2.05, 4.69) is 4.98 Å². The summed E-state index contributed by atoms with van der Waals surface area (Å²) in [5.41, 5.74) is 3.65. The number of benzene rings is 1. The van der Waals surface area contributed by atoms with Crippen LogP contribution < -0.4 is 10.5 Å².